The Bertz CT molecular complexity index is 355. The van der Waals surface area contributed by atoms with E-state index in [-0.39, 0.29) is 11.9 Å². The molecule has 16 heavy (non-hydrogen) atoms. The summed E-state index contributed by atoms with van der Waals surface area (Å²) in [5, 5.41) is 6.10. The molecule has 3 nitrogen and oxygen atoms in total. The van der Waals surface area contributed by atoms with E-state index in [9.17, 15) is 4.79 Å². The molecule has 1 atom stereocenters. The van der Waals surface area contributed by atoms with E-state index in [0.717, 1.165) is 15.8 Å². The Morgan fingerprint density at radius 2 is 2.25 bits per heavy atom. The lowest BCUT2D eigenvalue weighted by Crippen LogP contribution is -2.30. The first kappa shape index (κ1) is 13.4. The van der Waals surface area contributed by atoms with Crippen LogP contribution in [0.15, 0.2) is 24.3 Å². The second kappa shape index (κ2) is 6.85. The zero-order chi connectivity index (χ0) is 12.0. The lowest BCUT2D eigenvalue weighted by molar-refractivity contribution is -0.116. The molecule has 0 aromatic heterocycles. The molecule has 88 valence electrons. The summed E-state index contributed by atoms with van der Waals surface area (Å²) in [5.41, 5.74) is 0.862. The minimum atomic E-state index is 0.0513. The van der Waals surface area contributed by atoms with Crippen LogP contribution in [0.5, 0.6) is 0 Å². The van der Waals surface area contributed by atoms with Gasteiger partial charge in [0.2, 0.25) is 5.91 Å². The maximum Gasteiger partial charge on any atom is 0.225 e. The maximum atomic E-state index is 11.7. The standard InChI is InChI=1S/C12H17IN2O/c1-3-14-9(2)7-12(16)15-11-6-4-5-10(13)8-11/h4-6,8-9,14H,3,7H2,1-2H3,(H,15,16). The van der Waals surface area contributed by atoms with E-state index < -0.39 is 0 Å². The van der Waals surface area contributed by atoms with E-state index in [1.807, 2.05) is 38.1 Å². The minimum Gasteiger partial charge on any atom is -0.326 e. The molecule has 0 saturated carbocycles. The van der Waals surface area contributed by atoms with Crippen LogP contribution in [0.3, 0.4) is 0 Å². The van der Waals surface area contributed by atoms with E-state index in [1.165, 1.54) is 0 Å². The summed E-state index contributed by atoms with van der Waals surface area (Å²) < 4.78 is 1.12. The molecule has 0 bridgehead atoms. The lowest BCUT2D eigenvalue weighted by Gasteiger charge is -2.12. The van der Waals surface area contributed by atoms with Crippen LogP contribution in [0, 0.1) is 3.57 Å². The van der Waals surface area contributed by atoms with Gasteiger partial charge in [0, 0.05) is 21.7 Å². The number of carbonyl (C=O) groups excluding carboxylic acids is 1. The van der Waals surface area contributed by atoms with Crippen LogP contribution >= 0.6 is 22.6 Å². The predicted octanol–water partition coefficient (Wildman–Crippen LogP) is 2.62. The van der Waals surface area contributed by atoms with Crippen molar-refractivity contribution in [2.24, 2.45) is 0 Å². The molecule has 4 heteroatoms. The normalized spacial score (nSPS) is 12.2. The second-order valence-corrected chi connectivity index (χ2v) is 4.97. The van der Waals surface area contributed by atoms with Crippen molar-refractivity contribution in [3.8, 4) is 0 Å². The van der Waals surface area contributed by atoms with E-state index in [1.54, 1.807) is 0 Å². The summed E-state index contributed by atoms with van der Waals surface area (Å²) in [5.74, 6) is 0.0513. The van der Waals surface area contributed by atoms with Gasteiger partial charge in [-0.2, -0.15) is 0 Å². The Hall–Kier alpha value is -0.620. The zero-order valence-electron chi connectivity index (χ0n) is 9.59. The highest BCUT2D eigenvalue weighted by Crippen LogP contribution is 2.12. The Morgan fingerprint density at radius 1 is 1.50 bits per heavy atom. The molecule has 1 rings (SSSR count). The number of hydrogen-bond acceptors (Lipinski definition) is 2. The van der Waals surface area contributed by atoms with Gasteiger partial charge in [0.05, 0.1) is 0 Å². The number of nitrogens with one attached hydrogen (secondary N) is 2. The summed E-state index contributed by atoms with van der Waals surface area (Å²) in [7, 11) is 0. The molecule has 1 amide bonds. The highest BCUT2D eigenvalue weighted by atomic mass is 127. The van der Waals surface area contributed by atoms with Crippen molar-refractivity contribution in [3.63, 3.8) is 0 Å². The number of amides is 1. The average molecular weight is 332 g/mol. The molecule has 0 aliphatic rings. The fraction of sp³-hybridized carbons (Fsp3) is 0.417. The van der Waals surface area contributed by atoms with Gasteiger partial charge in [-0.3, -0.25) is 4.79 Å². The van der Waals surface area contributed by atoms with Gasteiger partial charge in [-0.25, -0.2) is 0 Å². The third kappa shape index (κ3) is 4.94. The highest BCUT2D eigenvalue weighted by Gasteiger charge is 2.07. The van der Waals surface area contributed by atoms with Gasteiger partial charge >= 0.3 is 0 Å². The lowest BCUT2D eigenvalue weighted by atomic mass is 10.2. The number of anilines is 1. The van der Waals surface area contributed by atoms with E-state index in [4.69, 9.17) is 0 Å². The van der Waals surface area contributed by atoms with Crippen molar-refractivity contribution in [1.29, 1.82) is 0 Å². The van der Waals surface area contributed by atoms with E-state index >= 15 is 0 Å². The second-order valence-electron chi connectivity index (χ2n) is 3.72. The van der Waals surface area contributed by atoms with Crippen LogP contribution in [-0.4, -0.2) is 18.5 Å². The maximum absolute atomic E-state index is 11.7. The largest absolute Gasteiger partial charge is 0.326 e. The van der Waals surface area contributed by atoms with Crippen LogP contribution in [-0.2, 0) is 4.79 Å². The van der Waals surface area contributed by atoms with Crippen LogP contribution < -0.4 is 10.6 Å². The van der Waals surface area contributed by atoms with Gasteiger partial charge in [0.15, 0.2) is 0 Å². The minimum absolute atomic E-state index is 0.0513. The number of halogens is 1. The molecule has 1 aromatic carbocycles. The molecule has 0 aliphatic carbocycles. The molecule has 0 spiro atoms. The zero-order valence-corrected chi connectivity index (χ0v) is 11.7. The van der Waals surface area contributed by atoms with E-state index in [0.29, 0.717) is 6.42 Å². The Morgan fingerprint density at radius 3 is 2.88 bits per heavy atom. The highest BCUT2D eigenvalue weighted by molar-refractivity contribution is 14.1. The van der Waals surface area contributed by atoms with Crippen molar-refractivity contribution >= 4 is 34.2 Å². The van der Waals surface area contributed by atoms with Crippen molar-refractivity contribution in [2.45, 2.75) is 26.3 Å². The summed E-state index contributed by atoms with van der Waals surface area (Å²) in [4.78, 5) is 11.7. The quantitative estimate of drug-likeness (QED) is 0.814. The molecule has 0 aliphatic heterocycles. The van der Waals surface area contributed by atoms with Crippen LogP contribution in [0.25, 0.3) is 0 Å². The summed E-state index contributed by atoms with van der Waals surface area (Å²) in [6, 6.07) is 8.00. The predicted molar refractivity (Wildman–Crippen MR) is 75.5 cm³/mol. The van der Waals surface area contributed by atoms with Gasteiger partial charge in [0.25, 0.3) is 0 Å². The number of hydrogen-bond donors (Lipinski definition) is 2. The molecule has 0 fully saturated rings. The first-order chi connectivity index (χ1) is 7.61. The number of benzene rings is 1. The SMILES string of the molecule is CCNC(C)CC(=O)Nc1cccc(I)c1. The average Bonchev–Trinajstić information content (AvgIpc) is 2.17. The van der Waals surface area contributed by atoms with Gasteiger partial charge in [-0.05, 0) is 54.3 Å². The van der Waals surface area contributed by atoms with Crippen molar-refractivity contribution in [1.82, 2.24) is 5.32 Å². The van der Waals surface area contributed by atoms with Gasteiger partial charge in [-0.1, -0.05) is 13.0 Å². The topological polar surface area (TPSA) is 41.1 Å². The molecule has 0 saturated heterocycles. The van der Waals surface area contributed by atoms with Crippen molar-refractivity contribution in [2.75, 3.05) is 11.9 Å². The van der Waals surface area contributed by atoms with Crippen LogP contribution in [0.1, 0.15) is 20.3 Å². The Labute approximate surface area is 110 Å². The molecule has 0 heterocycles. The molecule has 2 N–H and O–H groups in total. The third-order valence-electron chi connectivity index (χ3n) is 2.15. The molecular formula is C12H17IN2O. The molecule has 0 radical (unpaired) electrons. The van der Waals surface area contributed by atoms with Gasteiger partial charge < -0.3 is 10.6 Å². The summed E-state index contributed by atoms with van der Waals surface area (Å²) in [6.45, 7) is 4.93. The van der Waals surface area contributed by atoms with Crippen LogP contribution in [0.2, 0.25) is 0 Å². The Balaban J connectivity index is 2.45. The van der Waals surface area contributed by atoms with Gasteiger partial charge in [0.1, 0.15) is 0 Å². The number of rotatable bonds is 5. The van der Waals surface area contributed by atoms with E-state index in [2.05, 4.69) is 33.2 Å². The monoisotopic (exact) mass is 332 g/mol. The third-order valence-corrected chi connectivity index (χ3v) is 2.82. The number of carbonyl (C=O) groups is 1. The van der Waals surface area contributed by atoms with Crippen LogP contribution in [0.4, 0.5) is 5.69 Å². The molecule has 1 aromatic rings. The molecular weight excluding hydrogens is 315 g/mol. The van der Waals surface area contributed by atoms with Gasteiger partial charge in [-0.15, -0.1) is 0 Å². The van der Waals surface area contributed by atoms with Crippen molar-refractivity contribution < 1.29 is 4.79 Å². The van der Waals surface area contributed by atoms with Crippen molar-refractivity contribution in [3.05, 3.63) is 27.8 Å². The Kier molecular flexibility index (Phi) is 5.76. The fourth-order valence-corrected chi connectivity index (χ4v) is 2.02. The molecule has 1 unspecified atom stereocenters. The first-order valence-corrected chi connectivity index (χ1v) is 6.48. The fourth-order valence-electron chi connectivity index (χ4n) is 1.48. The summed E-state index contributed by atoms with van der Waals surface area (Å²) >= 11 is 2.23. The first-order valence-electron chi connectivity index (χ1n) is 5.40. The summed E-state index contributed by atoms with van der Waals surface area (Å²) in [6.07, 6.45) is 0.499. The smallest absolute Gasteiger partial charge is 0.225 e.